The molecule has 1 heterocycles. The van der Waals surface area contributed by atoms with Crippen molar-refractivity contribution in [2.75, 3.05) is 26.7 Å². The van der Waals surface area contributed by atoms with Crippen LogP contribution in [0, 0.1) is 5.82 Å². The van der Waals surface area contributed by atoms with Gasteiger partial charge >= 0.3 is 5.97 Å². The summed E-state index contributed by atoms with van der Waals surface area (Å²) in [6.07, 6.45) is 1.09. The highest BCUT2D eigenvalue weighted by Gasteiger charge is 2.24. The van der Waals surface area contributed by atoms with Crippen LogP contribution >= 0.6 is 0 Å². The fraction of sp³-hybridized carbons (Fsp3) is 0.533. The van der Waals surface area contributed by atoms with Gasteiger partial charge in [-0.15, -0.1) is 0 Å². The van der Waals surface area contributed by atoms with Gasteiger partial charge in [0.2, 0.25) is 0 Å². The summed E-state index contributed by atoms with van der Waals surface area (Å²) in [5.41, 5.74) is 0.911. The minimum Gasteiger partial charge on any atom is -0.488 e. The van der Waals surface area contributed by atoms with Gasteiger partial charge in [0, 0.05) is 25.1 Å². The van der Waals surface area contributed by atoms with Gasteiger partial charge in [-0.2, -0.15) is 0 Å². The van der Waals surface area contributed by atoms with Gasteiger partial charge in [0.15, 0.2) is 0 Å². The van der Waals surface area contributed by atoms with Gasteiger partial charge < -0.3 is 14.4 Å². The molecule has 0 aromatic heterocycles. The molecule has 5 heteroatoms. The van der Waals surface area contributed by atoms with Crippen LogP contribution in [0.5, 0.6) is 5.75 Å². The predicted molar refractivity (Wildman–Crippen MR) is 73.3 cm³/mol. The molecule has 4 nitrogen and oxygen atoms in total. The lowest BCUT2D eigenvalue weighted by Gasteiger charge is -2.20. The third-order valence-corrected chi connectivity index (χ3v) is 3.28. The Morgan fingerprint density at radius 2 is 2.35 bits per heavy atom. The Bertz CT molecular complexity index is 478. The zero-order valence-electron chi connectivity index (χ0n) is 11.9. The maximum absolute atomic E-state index is 13.1. The van der Waals surface area contributed by atoms with E-state index in [4.69, 9.17) is 9.47 Å². The Hall–Kier alpha value is -1.62. The quantitative estimate of drug-likeness (QED) is 0.748. The van der Waals surface area contributed by atoms with E-state index in [-0.39, 0.29) is 17.9 Å². The average Bonchev–Trinajstić information content (AvgIpc) is 2.78. The summed E-state index contributed by atoms with van der Waals surface area (Å²) in [5.74, 6) is 0.343. The monoisotopic (exact) mass is 281 g/mol. The van der Waals surface area contributed by atoms with Gasteiger partial charge in [0.25, 0.3) is 0 Å². The smallest absolute Gasteiger partial charge is 0.307 e. The standard InChI is InChI=1S/C15H20FNO3/c1-3-19-15(18)6-7-17(2)10-13-9-11-8-12(16)4-5-14(11)20-13/h4-5,8,13H,3,6-7,9-10H2,1-2H3. The Morgan fingerprint density at radius 3 is 3.10 bits per heavy atom. The maximum Gasteiger partial charge on any atom is 0.307 e. The molecule has 0 N–H and O–H groups in total. The summed E-state index contributed by atoms with van der Waals surface area (Å²) >= 11 is 0. The minimum atomic E-state index is -0.233. The van der Waals surface area contributed by atoms with Crippen molar-refractivity contribution in [1.82, 2.24) is 4.90 Å². The number of nitrogens with zero attached hydrogens (tertiary/aromatic N) is 1. The zero-order chi connectivity index (χ0) is 14.5. The Morgan fingerprint density at radius 1 is 1.55 bits per heavy atom. The van der Waals surface area contributed by atoms with Crippen molar-refractivity contribution in [2.45, 2.75) is 25.9 Å². The van der Waals surface area contributed by atoms with E-state index in [9.17, 15) is 9.18 Å². The van der Waals surface area contributed by atoms with Crippen molar-refractivity contribution < 1.29 is 18.7 Å². The molecule has 0 saturated heterocycles. The largest absolute Gasteiger partial charge is 0.488 e. The summed E-state index contributed by atoms with van der Waals surface area (Å²) in [4.78, 5) is 13.3. The number of carbonyl (C=O) groups is 1. The van der Waals surface area contributed by atoms with Crippen LogP contribution in [-0.2, 0) is 16.0 Å². The van der Waals surface area contributed by atoms with Crippen LogP contribution in [0.2, 0.25) is 0 Å². The normalized spacial score (nSPS) is 16.9. The van der Waals surface area contributed by atoms with Crippen molar-refractivity contribution in [3.05, 3.63) is 29.6 Å². The SMILES string of the molecule is CCOC(=O)CCN(C)CC1Cc2cc(F)ccc2O1. The van der Waals surface area contributed by atoms with Crippen LogP contribution in [0.1, 0.15) is 18.9 Å². The summed E-state index contributed by atoms with van der Waals surface area (Å²) < 4.78 is 23.8. The molecule has 0 saturated carbocycles. The number of esters is 1. The summed E-state index contributed by atoms with van der Waals surface area (Å²) in [6.45, 7) is 3.54. The Labute approximate surface area is 118 Å². The van der Waals surface area contributed by atoms with Crippen molar-refractivity contribution >= 4 is 5.97 Å². The molecule has 0 amide bonds. The predicted octanol–water partition coefficient (Wildman–Crippen LogP) is 2.01. The number of halogens is 1. The second-order valence-corrected chi connectivity index (χ2v) is 5.01. The molecule has 1 unspecified atom stereocenters. The van der Waals surface area contributed by atoms with E-state index in [1.165, 1.54) is 12.1 Å². The molecule has 0 radical (unpaired) electrons. The van der Waals surface area contributed by atoms with E-state index < -0.39 is 0 Å². The molecule has 20 heavy (non-hydrogen) atoms. The third kappa shape index (κ3) is 3.93. The van der Waals surface area contributed by atoms with Crippen LogP contribution in [0.3, 0.4) is 0 Å². The highest BCUT2D eigenvalue weighted by atomic mass is 19.1. The van der Waals surface area contributed by atoms with E-state index in [2.05, 4.69) is 0 Å². The molecule has 0 aliphatic carbocycles. The average molecular weight is 281 g/mol. The molecular formula is C15H20FNO3. The molecule has 1 atom stereocenters. The zero-order valence-corrected chi connectivity index (χ0v) is 11.9. The number of hydrogen-bond acceptors (Lipinski definition) is 4. The Balaban J connectivity index is 1.77. The van der Waals surface area contributed by atoms with Gasteiger partial charge in [-0.05, 0) is 32.2 Å². The second kappa shape index (κ2) is 6.70. The fourth-order valence-corrected chi connectivity index (χ4v) is 2.35. The minimum absolute atomic E-state index is 0.0130. The number of ether oxygens (including phenoxy) is 2. The lowest BCUT2D eigenvalue weighted by atomic mass is 10.1. The maximum atomic E-state index is 13.1. The molecule has 110 valence electrons. The lowest BCUT2D eigenvalue weighted by molar-refractivity contribution is -0.143. The van der Waals surface area contributed by atoms with Crippen LogP contribution in [-0.4, -0.2) is 43.7 Å². The molecule has 0 fully saturated rings. The molecule has 1 aliphatic heterocycles. The van der Waals surface area contributed by atoms with Crippen LogP contribution in [0.25, 0.3) is 0 Å². The molecule has 1 aliphatic rings. The lowest BCUT2D eigenvalue weighted by Crippen LogP contribution is -2.33. The number of carbonyl (C=O) groups excluding carboxylic acids is 1. The van der Waals surface area contributed by atoms with Crippen molar-refractivity contribution in [3.8, 4) is 5.75 Å². The first kappa shape index (κ1) is 14.8. The van der Waals surface area contributed by atoms with Crippen LogP contribution < -0.4 is 4.74 Å². The van der Waals surface area contributed by atoms with E-state index in [1.807, 2.05) is 11.9 Å². The van der Waals surface area contributed by atoms with E-state index in [1.54, 1.807) is 13.0 Å². The highest BCUT2D eigenvalue weighted by Crippen LogP contribution is 2.29. The number of benzene rings is 1. The first-order valence-electron chi connectivity index (χ1n) is 6.87. The van der Waals surface area contributed by atoms with Gasteiger partial charge in [-0.3, -0.25) is 4.79 Å². The summed E-state index contributed by atoms with van der Waals surface area (Å²) in [5, 5.41) is 0. The number of rotatable bonds is 6. The van der Waals surface area contributed by atoms with Gasteiger partial charge in [0.1, 0.15) is 17.7 Å². The topological polar surface area (TPSA) is 38.8 Å². The summed E-state index contributed by atoms with van der Waals surface area (Å²) in [6, 6.07) is 4.60. The molecule has 1 aromatic carbocycles. The van der Waals surface area contributed by atoms with Crippen molar-refractivity contribution in [1.29, 1.82) is 0 Å². The van der Waals surface area contributed by atoms with E-state index in [0.29, 0.717) is 32.5 Å². The fourth-order valence-electron chi connectivity index (χ4n) is 2.35. The number of hydrogen-bond donors (Lipinski definition) is 0. The van der Waals surface area contributed by atoms with Crippen LogP contribution in [0.15, 0.2) is 18.2 Å². The molecule has 1 aromatic rings. The van der Waals surface area contributed by atoms with Crippen molar-refractivity contribution in [2.24, 2.45) is 0 Å². The molecule has 2 rings (SSSR count). The third-order valence-electron chi connectivity index (χ3n) is 3.28. The van der Waals surface area contributed by atoms with Crippen LogP contribution in [0.4, 0.5) is 4.39 Å². The number of likely N-dealkylation sites (N-methyl/N-ethyl adjacent to an activating group) is 1. The van der Waals surface area contributed by atoms with E-state index in [0.717, 1.165) is 11.3 Å². The first-order chi connectivity index (χ1) is 9.58. The molecule has 0 bridgehead atoms. The van der Waals surface area contributed by atoms with Gasteiger partial charge in [0.05, 0.1) is 13.0 Å². The molecular weight excluding hydrogens is 261 g/mol. The Kier molecular flexibility index (Phi) is 4.95. The van der Waals surface area contributed by atoms with E-state index >= 15 is 0 Å². The highest BCUT2D eigenvalue weighted by molar-refractivity contribution is 5.69. The first-order valence-corrected chi connectivity index (χ1v) is 6.87. The van der Waals surface area contributed by atoms with Gasteiger partial charge in [-0.1, -0.05) is 0 Å². The van der Waals surface area contributed by atoms with Crippen molar-refractivity contribution in [3.63, 3.8) is 0 Å². The van der Waals surface area contributed by atoms with Gasteiger partial charge in [-0.25, -0.2) is 4.39 Å². The molecule has 0 spiro atoms. The number of fused-ring (bicyclic) bond motifs is 1. The summed E-state index contributed by atoms with van der Waals surface area (Å²) in [7, 11) is 1.94. The second-order valence-electron chi connectivity index (χ2n) is 5.01.